The highest BCUT2D eigenvalue weighted by Gasteiger charge is 2.19. The summed E-state index contributed by atoms with van der Waals surface area (Å²) >= 11 is 0. The monoisotopic (exact) mass is 370 g/mol. The second-order valence-electron chi connectivity index (χ2n) is 6.01. The first-order chi connectivity index (χ1) is 12.9. The molecule has 7 nitrogen and oxygen atoms in total. The summed E-state index contributed by atoms with van der Waals surface area (Å²) in [6, 6.07) is 11.8. The van der Waals surface area contributed by atoms with Crippen LogP contribution in [0.15, 0.2) is 48.5 Å². The molecule has 1 atom stereocenters. The van der Waals surface area contributed by atoms with Gasteiger partial charge in [0, 0.05) is 12.0 Å². The van der Waals surface area contributed by atoms with E-state index in [2.05, 4.69) is 5.32 Å². The van der Waals surface area contributed by atoms with Gasteiger partial charge in [-0.25, -0.2) is 4.79 Å². The van der Waals surface area contributed by atoms with Crippen LogP contribution in [-0.2, 0) is 11.2 Å². The molecule has 0 saturated heterocycles. The average Bonchev–Trinajstić information content (AvgIpc) is 2.66. The van der Waals surface area contributed by atoms with Crippen LogP contribution in [-0.4, -0.2) is 35.5 Å². The zero-order valence-corrected chi connectivity index (χ0v) is 15.0. The zero-order chi connectivity index (χ0) is 19.8. The number of amides is 2. The third-order valence-electron chi connectivity index (χ3n) is 3.88. The predicted molar refractivity (Wildman–Crippen MR) is 99.8 cm³/mol. The summed E-state index contributed by atoms with van der Waals surface area (Å²) in [4.78, 5) is 34.9. The summed E-state index contributed by atoms with van der Waals surface area (Å²) in [6.07, 6.45) is 1.15. The Bertz CT molecular complexity index is 800. The molecule has 0 spiro atoms. The number of rotatable bonds is 9. The maximum Gasteiger partial charge on any atom is 0.335 e. The molecule has 0 fully saturated rings. The fourth-order valence-electron chi connectivity index (χ4n) is 2.41. The molecule has 2 amide bonds. The smallest absolute Gasteiger partial charge is 0.335 e. The Morgan fingerprint density at radius 2 is 1.63 bits per heavy atom. The molecule has 27 heavy (non-hydrogen) atoms. The molecule has 0 saturated carbocycles. The van der Waals surface area contributed by atoms with Crippen LogP contribution in [0.25, 0.3) is 0 Å². The third kappa shape index (κ3) is 5.85. The number of carbonyl (C=O) groups is 3. The summed E-state index contributed by atoms with van der Waals surface area (Å²) in [5, 5.41) is 11.5. The third-order valence-corrected chi connectivity index (χ3v) is 3.88. The van der Waals surface area contributed by atoms with Crippen molar-refractivity contribution in [3.05, 3.63) is 65.2 Å². The van der Waals surface area contributed by atoms with E-state index in [1.807, 2.05) is 19.1 Å². The van der Waals surface area contributed by atoms with E-state index < -0.39 is 23.8 Å². The molecule has 0 aromatic heterocycles. The van der Waals surface area contributed by atoms with Crippen molar-refractivity contribution in [3.63, 3.8) is 0 Å². The molecule has 1 unspecified atom stereocenters. The van der Waals surface area contributed by atoms with E-state index in [0.717, 1.165) is 17.7 Å². The van der Waals surface area contributed by atoms with E-state index in [4.69, 9.17) is 15.6 Å². The van der Waals surface area contributed by atoms with E-state index in [1.54, 1.807) is 12.1 Å². The zero-order valence-electron chi connectivity index (χ0n) is 15.0. The first-order valence-corrected chi connectivity index (χ1v) is 8.56. The van der Waals surface area contributed by atoms with Crippen LogP contribution in [0.5, 0.6) is 5.75 Å². The Labute approximate surface area is 157 Å². The molecular weight excluding hydrogens is 348 g/mol. The van der Waals surface area contributed by atoms with Gasteiger partial charge in [0.15, 0.2) is 0 Å². The Balaban J connectivity index is 2.03. The number of ether oxygens (including phenoxy) is 1. The fourth-order valence-corrected chi connectivity index (χ4v) is 2.41. The van der Waals surface area contributed by atoms with Gasteiger partial charge >= 0.3 is 5.97 Å². The lowest BCUT2D eigenvalue weighted by molar-refractivity contribution is -0.119. The first-order valence-electron chi connectivity index (χ1n) is 8.56. The van der Waals surface area contributed by atoms with Crippen LogP contribution < -0.4 is 15.8 Å². The highest BCUT2D eigenvalue weighted by atomic mass is 16.5. The lowest BCUT2D eigenvalue weighted by Gasteiger charge is -2.16. The second-order valence-corrected chi connectivity index (χ2v) is 6.01. The van der Waals surface area contributed by atoms with Gasteiger partial charge in [0.25, 0.3) is 5.91 Å². The number of benzene rings is 2. The molecule has 142 valence electrons. The Morgan fingerprint density at radius 1 is 1.04 bits per heavy atom. The number of carboxylic acid groups (broad SMARTS) is 1. The normalized spacial score (nSPS) is 11.4. The maximum atomic E-state index is 12.3. The van der Waals surface area contributed by atoms with Crippen molar-refractivity contribution in [2.75, 3.05) is 6.61 Å². The minimum Gasteiger partial charge on any atom is -0.494 e. The fraction of sp³-hybridized carbons (Fsp3) is 0.250. The van der Waals surface area contributed by atoms with Gasteiger partial charge in [-0.05, 0) is 48.4 Å². The number of carboxylic acids is 1. The highest BCUT2D eigenvalue weighted by molar-refractivity contribution is 5.98. The second kappa shape index (κ2) is 9.38. The summed E-state index contributed by atoms with van der Waals surface area (Å²) < 4.78 is 5.51. The number of hydrogen-bond acceptors (Lipinski definition) is 4. The Hall–Kier alpha value is -3.35. The molecule has 2 aromatic rings. The summed E-state index contributed by atoms with van der Waals surface area (Å²) in [7, 11) is 0. The van der Waals surface area contributed by atoms with Crippen LogP contribution in [0, 0.1) is 0 Å². The van der Waals surface area contributed by atoms with Crippen molar-refractivity contribution >= 4 is 17.8 Å². The van der Waals surface area contributed by atoms with E-state index in [1.165, 1.54) is 24.3 Å². The van der Waals surface area contributed by atoms with Gasteiger partial charge in [-0.1, -0.05) is 19.1 Å². The van der Waals surface area contributed by atoms with Gasteiger partial charge in [-0.15, -0.1) is 0 Å². The van der Waals surface area contributed by atoms with Gasteiger partial charge in [0.2, 0.25) is 5.91 Å². The molecule has 0 heterocycles. The molecular formula is C20H22N2O5. The number of aromatic carboxylic acids is 1. The number of nitrogens with one attached hydrogen (secondary N) is 1. The maximum absolute atomic E-state index is 12.3. The van der Waals surface area contributed by atoms with Gasteiger partial charge in [-0.2, -0.15) is 0 Å². The van der Waals surface area contributed by atoms with Crippen molar-refractivity contribution < 1.29 is 24.2 Å². The van der Waals surface area contributed by atoms with Crippen LogP contribution in [0.4, 0.5) is 0 Å². The first kappa shape index (κ1) is 20.0. The molecule has 0 aliphatic carbocycles. The Kier molecular flexibility index (Phi) is 6.93. The Morgan fingerprint density at radius 3 is 2.15 bits per heavy atom. The van der Waals surface area contributed by atoms with Crippen LogP contribution in [0.2, 0.25) is 0 Å². The van der Waals surface area contributed by atoms with Crippen LogP contribution >= 0.6 is 0 Å². The molecule has 2 rings (SSSR count). The van der Waals surface area contributed by atoms with E-state index in [0.29, 0.717) is 6.61 Å². The summed E-state index contributed by atoms with van der Waals surface area (Å²) in [6.45, 7) is 2.64. The number of primary amides is 1. The van der Waals surface area contributed by atoms with Crippen molar-refractivity contribution in [1.82, 2.24) is 5.32 Å². The van der Waals surface area contributed by atoms with Gasteiger partial charge < -0.3 is 20.9 Å². The number of carbonyl (C=O) groups excluding carboxylic acids is 2. The van der Waals surface area contributed by atoms with Gasteiger partial charge in [0.05, 0.1) is 12.2 Å². The van der Waals surface area contributed by atoms with Crippen molar-refractivity contribution in [1.29, 1.82) is 0 Å². The lowest BCUT2D eigenvalue weighted by atomic mass is 10.0. The summed E-state index contributed by atoms with van der Waals surface area (Å²) in [5.74, 6) is -1.50. The predicted octanol–water partition coefficient (Wildman–Crippen LogP) is 2.00. The van der Waals surface area contributed by atoms with Crippen molar-refractivity contribution in [2.45, 2.75) is 25.8 Å². The standard InChI is InChI=1S/C20H22N2O5/c1-2-11-27-16-9-3-13(4-10-16)12-17(18(21)23)22-19(24)14-5-7-15(8-6-14)20(25)26/h3-10,17H,2,11-12H2,1H3,(H2,21,23)(H,22,24)(H,25,26). The van der Waals surface area contributed by atoms with E-state index in [9.17, 15) is 14.4 Å². The van der Waals surface area contributed by atoms with Crippen molar-refractivity contribution in [3.8, 4) is 5.75 Å². The molecule has 0 bridgehead atoms. The van der Waals surface area contributed by atoms with Crippen LogP contribution in [0.3, 0.4) is 0 Å². The molecule has 2 aromatic carbocycles. The number of nitrogens with two attached hydrogens (primary N) is 1. The minimum atomic E-state index is -1.08. The largest absolute Gasteiger partial charge is 0.494 e. The molecule has 4 N–H and O–H groups in total. The summed E-state index contributed by atoms with van der Waals surface area (Å²) in [5.41, 5.74) is 6.56. The quantitative estimate of drug-likeness (QED) is 0.624. The highest BCUT2D eigenvalue weighted by Crippen LogP contribution is 2.14. The lowest BCUT2D eigenvalue weighted by Crippen LogP contribution is -2.45. The van der Waals surface area contributed by atoms with E-state index in [-0.39, 0.29) is 17.5 Å². The van der Waals surface area contributed by atoms with Gasteiger partial charge in [0.1, 0.15) is 11.8 Å². The molecule has 0 aliphatic rings. The van der Waals surface area contributed by atoms with Crippen LogP contribution in [0.1, 0.15) is 39.6 Å². The van der Waals surface area contributed by atoms with E-state index >= 15 is 0 Å². The SMILES string of the molecule is CCCOc1ccc(CC(NC(=O)c2ccc(C(=O)O)cc2)C(N)=O)cc1. The molecule has 0 radical (unpaired) electrons. The topological polar surface area (TPSA) is 119 Å². The minimum absolute atomic E-state index is 0.0726. The average molecular weight is 370 g/mol. The van der Waals surface area contributed by atoms with Crippen molar-refractivity contribution in [2.24, 2.45) is 5.73 Å². The number of hydrogen-bond donors (Lipinski definition) is 3. The molecule has 0 aliphatic heterocycles. The van der Waals surface area contributed by atoms with Gasteiger partial charge in [-0.3, -0.25) is 9.59 Å². The molecule has 7 heteroatoms.